The molecular formula is C25H38N4OS. The summed E-state index contributed by atoms with van der Waals surface area (Å²) < 4.78 is 0. The van der Waals surface area contributed by atoms with Gasteiger partial charge in [0.15, 0.2) is 0 Å². The van der Waals surface area contributed by atoms with E-state index < -0.39 is 0 Å². The average molecular weight is 443 g/mol. The summed E-state index contributed by atoms with van der Waals surface area (Å²) in [7, 11) is 0. The third-order valence-electron chi connectivity index (χ3n) is 6.27. The lowest BCUT2D eigenvalue weighted by molar-refractivity contribution is 0.102. The molecule has 0 bridgehead atoms. The maximum Gasteiger partial charge on any atom is 0.258 e. The molecule has 1 heterocycles. The molecule has 1 aromatic carbocycles. The Labute approximate surface area is 191 Å². The van der Waals surface area contributed by atoms with E-state index >= 15 is 0 Å². The highest BCUT2D eigenvalue weighted by atomic mass is 32.1. The van der Waals surface area contributed by atoms with Gasteiger partial charge in [-0.3, -0.25) is 10.1 Å². The first-order valence-electron chi connectivity index (χ1n) is 11.8. The van der Waals surface area contributed by atoms with Crippen molar-refractivity contribution in [1.29, 1.82) is 0 Å². The molecule has 1 saturated carbocycles. The number of nitrogens with zero attached hydrogens (tertiary/aromatic N) is 2. The predicted octanol–water partition coefficient (Wildman–Crippen LogP) is 7.15. The fraction of sp³-hybridized carbons (Fsp3) is 0.640. The largest absolute Gasteiger partial charge is 0.360 e. The molecular weight excluding hydrogens is 404 g/mol. The van der Waals surface area contributed by atoms with Gasteiger partial charge in [0.05, 0.1) is 0 Å². The SMILES string of the molecule is CC(C)c1cc(C(C)C)c(C(=O)Nc2nnc(NCC3CCCCC3)s2)c(C(C)C)c1. The summed E-state index contributed by atoms with van der Waals surface area (Å²) in [6, 6.07) is 4.40. The average Bonchev–Trinajstić information content (AvgIpc) is 3.19. The Kier molecular flexibility index (Phi) is 8.09. The molecule has 1 aromatic heterocycles. The standard InChI is InChI=1S/C25H38N4OS/c1-15(2)19-12-20(16(3)4)22(21(13-19)17(5)6)23(30)27-25-29-28-24(31-25)26-14-18-10-8-7-9-11-18/h12-13,15-18H,7-11,14H2,1-6H3,(H,26,28)(H,27,29,30). The zero-order chi connectivity index (χ0) is 22.5. The monoisotopic (exact) mass is 442 g/mol. The second-order valence-electron chi connectivity index (χ2n) is 9.79. The molecule has 2 N–H and O–H groups in total. The first-order chi connectivity index (χ1) is 14.8. The molecule has 3 rings (SSSR count). The molecule has 0 unspecified atom stereocenters. The molecule has 0 atom stereocenters. The summed E-state index contributed by atoms with van der Waals surface area (Å²) in [6.45, 7) is 13.9. The minimum atomic E-state index is -0.0855. The Balaban J connectivity index is 1.77. The van der Waals surface area contributed by atoms with Gasteiger partial charge in [-0.2, -0.15) is 0 Å². The van der Waals surface area contributed by atoms with Crippen molar-refractivity contribution < 1.29 is 4.79 Å². The Bertz CT molecular complexity index is 852. The number of rotatable bonds is 8. The van der Waals surface area contributed by atoms with Gasteiger partial charge in [-0.05, 0) is 53.2 Å². The number of carbonyl (C=O) groups is 1. The topological polar surface area (TPSA) is 66.9 Å². The maximum absolute atomic E-state index is 13.4. The second kappa shape index (κ2) is 10.6. The van der Waals surface area contributed by atoms with Gasteiger partial charge >= 0.3 is 0 Å². The normalized spacial score (nSPS) is 15.1. The van der Waals surface area contributed by atoms with E-state index in [0.717, 1.165) is 34.3 Å². The third kappa shape index (κ3) is 6.06. The minimum Gasteiger partial charge on any atom is -0.360 e. The number of aromatic nitrogens is 2. The summed E-state index contributed by atoms with van der Waals surface area (Å²) in [5.41, 5.74) is 4.29. The summed E-state index contributed by atoms with van der Waals surface area (Å²) >= 11 is 1.42. The molecule has 1 fully saturated rings. The highest BCUT2D eigenvalue weighted by Gasteiger charge is 2.23. The number of anilines is 2. The van der Waals surface area contributed by atoms with E-state index in [-0.39, 0.29) is 17.7 Å². The zero-order valence-electron chi connectivity index (χ0n) is 19.9. The molecule has 170 valence electrons. The number of benzene rings is 1. The van der Waals surface area contributed by atoms with Crippen LogP contribution in [0.5, 0.6) is 0 Å². The Morgan fingerprint density at radius 2 is 1.52 bits per heavy atom. The van der Waals surface area contributed by atoms with Crippen molar-refractivity contribution in [3.05, 3.63) is 34.4 Å². The van der Waals surface area contributed by atoms with Gasteiger partial charge in [0.2, 0.25) is 10.3 Å². The molecule has 2 aromatic rings. The van der Waals surface area contributed by atoms with Crippen molar-refractivity contribution in [2.75, 3.05) is 17.2 Å². The highest BCUT2D eigenvalue weighted by Crippen LogP contribution is 2.33. The summed E-state index contributed by atoms with van der Waals surface area (Å²) in [5.74, 6) is 1.58. The van der Waals surface area contributed by atoms with Gasteiger partial charge in [0, 0.05) is 12.1 Å². The van der Waals surface area contributed by atoms with Crippen LogP contribution < -0.4 is 10.6 Å². The molecule has 0 saturated heterocycles. The summed E-state index contributed by atoms with van der Waals surface area (Å²) in [5, 5.41) is 16.2. The molecule has 0 aliphatic heterocycles. The van der Waals surface area contributed by atoms with Crippen LogP contribution in [-0.4, -0.2) is 22.6 Å². The first kappa shape index (κ1) is 23.7. The van der Waals surface area contributed by atoms with Crippen molar-refractivity contribution in [3.8, 4) is 0 Å². The van der Waals surface area contributed by atoms with Crippen LogP contribution in [0.25, 0.3) is 0 Å². The first-order valence-corrected chi connectivity index (χ1v) is 12.6. The van der Waals surface area contributed by atoms with Gasteiger partial charge in [-0.1, -0.05) is 84.3 Å². The number of nitrogens with one attached hydrogen (secondary N) is 2. The van der Waals surface area contributed by atoms with Gasteiger partial charge in [-0.25, -0.2) is 0 Å². The van der Waals surface area contributed by atoms with Crippen molar-refractivity contribution in [2.24, 2.45) is 5.92 Å². The van der Waals surface area contributed by atoms with Crippen LogP contribution in [-0.2, 0) is 0 Å². The lowest BCUT2D eigenvalue weighted by Crippen LogP contribution is -2.19. The van der Waals surface area contributed by atoms with Crippen molar-refractivity contribution in [3.63, 3.8) is 0 Å². The summed E-state index contributed by atoms with van der Waals surface area (Å²) in [4.78, 5) is 13.4. The van der Waals surface area contributed by atoms with Crippen LogP contribution in [0.15, 0.2) is 12.1 Å². The smallest absolute Gasteiger partial charge is 0.258 e. The Morgan fingerprint density at radius 1 is 0.935 bits per heavy atom. The Hall–Kier alpha value is -1.95. The van der Waals surface area contributed by atoms with Gasteiger partial charge < -0.3 is 5.32 Å². The van der Waals surface area contributed by atoms with Crippen molar-refractivity contribution in [1.82, 2.24) is 10.2 Å². The van der Waals surface area contributed by atoms with Crippen molar-refractivity contribution >= 4 is 27.5 Å². The quantitative estimate of drug-likeness (QED) is 0.455. The number of hydrogen-bond donors (Lipinski definition) is 2. The molecule has 0 radical (unpaired) electrons. The van der Waals surface area contributed by atoms with Crippen LogP contribution in [0.3, 0.4) is 0 Å². The second-order valence-corrected chi connectivity index (χ2v) is 10.8. The molecule has 5 nitrogen and oxygen atoms in total. The molecule has 31 heavy (non-hydrogen) atoms. The molecule has 1 aliphatic rings. The van der Waals surface area contributed by atoms with Crippen molar-refractivity contribution in [2.45, 2.75) is 91.4 Å². The fourth-order valence-corrected chi connectivity index (χ4v) is 4.99. The zero-order valence-corrected chi connectivity index (χ0v) is 20.7. The Morgan fingerprint density at radius 3 is 2.06 bits per heavy atom. The summed E-state index contributed by atoms with van der Waals surface area (Å²) in [6.07, 6.45) is 6.60. The van der Waals surface area contributed by atoms with E-state index in [9.17, 15) is 4.79 Å². The van der Waals surface area contributed by atoms with Gasteiger partial charge in [-0.15, -0.1) is 10.2 Å². The molecule has 1 amide bonds. The lowest BCUT2D eigenvalue weighted by atomic mass is 9.84. The van der Waals surface area contributed by atoms with E-state index in [0.29, 0.717) is 11.0 Å². The van der Waals surface area contributed by atoms with Crippen LogP contribution in [0.1, 0.15) is 118 Å². The van der Waals surface area contributed by atoms with E-state index in [1.165, 1.54) is 49.0 Å². The van der Waals surface area contributed by atoms with Crippen LogP contribution >= 0.6 is 11.3 Å². The van der Waals surface area contributed by atoms with E-state index in [1.54, 1.807) is 0 Å². The predicted molar refractivity (Wildman–Crippen MR) is 132 cm³/mol. The van der Waals surface area contributed by atoms with E-state index in [2.05, 4.69) is 74.5 Å². The van der Waals surface area contributed by atoms with Crippen LogP contribution in [0, 0.1) is 5.92 Å². The number of carbonyl (C=O) groups excluding carboxylic acids is 1. The molecule has 6 heteroatoms. The van der Waals surface area contributed by atoms with Gasteiger partial charge in [0.1, 0.15) is 0 Å². The lowest BCUT2D eigenvalue weighted by Gasteiger charge is -2.22. The maximum atomic E-state index is 13.4. The number of hydrogen-bond acceptors (Lipinski definition) is 5. The van der Waals surface area contributed by atoms with Crippen LogP contribution in [0.2, 0.25) is 0 Å². The van der Waals surface area contributed by atoms with Crippen LogP contribution in [0.4, 0.5) is 10.3 Å². The minimum absolute atomic E-state index is 0.0855. The molecule has 0 spiro atoms. The van der Waals surface area contributed by atoms with E-state index in [4.69, 9.17) is 0 Å². The van der Waals surface area contributed by atoms with Gasteiger partial charge in [0.25, 0.3) is 5.91 Å². The highest BCUT2D eigenvalue weighted by molar-refractivity contribution is 7.19. The van der Waals surface area contributed by atoms with E-state index in [1.807, 2.05) is 0 Å². The fourth-order valence-electron chi connectivity index (χ4n) is 4.35. The number of amides is 1. The third-order valence-corrected chi connectivity index (χ3v) is 7.07. The molecule has 1 aliphatic carbocycles.